The molecule has 1 aliphatic heterocycles. The molecule has 1 atom stereocenters. The minimum absolute atomic E-state index is 0.217. The summed E-state index contributed by atoms with van der Waals surface area (Å²) in [6.45, 7) is 3.14. The van der Waals surface area contributed by atoms with Crippen molar-refractivity contribution < 1.29 is 4.74 Å². The third-order valence-electron chi connectivity index (χ3n) is 5.96. The van der Waals surface area contributed by atoms with E-state index in [0.717, 1.165) is 60.5 Å². The van der Waals surface area contributed by atoms with Crippen LogP contribution in [0.3, 0.4) is 0 Å². The van der Waals surface area contributed by atoms with Crippen molar-refractivity contribution in [3.8, 4) is 5.75 Å². The predicted octanol–water partition coefficient (Wildman–Crippen LogP) is 4.18. The van der Waals surface area contributed by atoms with Crippen molar-refractivity contribution >= 4 is 21.8 Å². The fourth-order valence-electron chi connectivity index (χ4n) is 4.50. The van der Waals surface area contributed by atoms with Gasteiger partial charge >= 0.3 is 0 Å². The molecule has 0 aliphatic carbocycles. The normalized spacial score (nSPS) is 16.1. The molecule has 1 aromatic carbocycles. The van der Waals surface area contributed by atoms with E-state index in [9.17, 15) is 0 Å². The standard InChI is InChI=1S/C24H27N5O/c25-11-3-4-14-29(21-10-15-30-22-8-5-12-27-24(21)22)16-20-23-18(9-13-26-20)17-6-1-2-7-19(17)28-23/h1-2,5-9,12-13,21,28H,3-4,10-11,14-16,25H2. The van der Waals surface area contributed by atoms with E-state index in [1.165, 1.54) is 10.8 Å². The second-order valence-corrected chi connectivity index (χ2v) is 7.86. The first kappa shape index (κ1) is 19.0. The van der Waals surface area contributed by atoms with Gasteiger partial charge in [-0.15, -0.1) is 0 Å². The lowest BCUT2D eigenvalue weighted by Gasteiger charge is -2.34. The highest BCUT2D eigenvalue weighted by Crippen LogP contribution is 2.36. The highest BCUT2D eigenvalue weighted by molar-refractivity contribution is 6.07. The van der Waals surface area contributed by atoms with Gasteiger partial charge in [0.05, 0.1) is 29.6 Å². The van der Waals surface area contributed by atoms with Crippen LogP contribution in [0.15, 0.2) is 54.9 Å². The van der Waals surface area contributed by atoms with Crippen LogP contribution in [0.5, 0.6) is 5.75 Å². The number of aromatic nitrogens is 3. The molecule has 1 aliphatic rings. The van der Waals surface area contributed by atoms with Crippen molar-refractivity contribution in [1.82, 2.24) is 19.9 Å². The van der Waals surface area contributed by atoms with Gasteiger partial charge in [0.2, 0.25) is 0 Å². The van der Waals surface area contributed by atoms with Crippen LogP contribution in [0, 0.1) is 0 Å². The third-order valence-corrected chi connectivity index (χ3v) is 5.96. The minimum atomic E-state index is 0.217. The number of nitrogens with zero attached hydrogens (tertiary/aromatic N) is 3. The number of hydrogen-bond donors (Lipinski definition) is 2. The van der Waals surface area contributed by atoms with Crippen LogP contribution in [0.25, 0.3) is 21.8 Å². The Hall–Kier alpha value is -2.96. The SMILES string of the molecule is NCCCCN(Cc1nccc2c1[nH]c1ccccc12)C1CCOc2cccnc21. The number of fused-ring (bicyclic) bond motifs is 4. The number of unbranched alkanes of at least 4 members (excludes halogenated alkanes) is 1. The fourth-order valence-corrected chi connectivity index (χ4v) is 4.50. The number of nitrogens with two attached hydrogens (primary N) is 1. The number of nitrogens with one attached hydrogen (secondary N) is 1. The lowest BCUT2D eigenvalue weighted by molar-refractivity contribution is 0.126. The summed E-state index contributed by atoms with van der Waals surface area (Å²) in [5.74, 6) is 0.898. The van der Waals surface area contributed by atoms with Crippen molar-refractivity contribution in [2.45, 2.75) is 31.8 Å². The summed E-state index contributed by atoms with van der Waals surface area (Å²) < 4.78 is 5.86. The molecule has 0 saturated heterocycles. The first-order valence-corrected chi connectivity index (χ1v) is 10.7. The second-order valence-electron chi connectivity index (χ2n) is 7.86. The van der Waals surface area contributed by atoms with E-state index in [-0.39, 0.29) is 6.04 Å². The molecule has 0 radical (unpaired) electrons. The Kier molecular flexibility index (Phi) is 5.34. The fraction of sp³-hybridized carbons (Fsp3) is 0.333. The summed E-state index contributed by atoms with van der Waals surface area (Å²) in [5, 5.41) is 2.46. The Morgan fingerprint density at radius 2 is 1.97 bits per heavy atom. The summed E-state index contributed by atoms with van der Waals surface area (Å²) >= 11 is 0. The van der Waals surface area contributed by atoms with Gasteiger partial charge in [-0.25, -0.2) is 0 Å². The molecule has 0 fully saturated rings. The first-order chi connectivity index (χ1) is 14.8. The molecule has 4 aromatic rings. The molecule has 0 spiro atoms. The number of benzene rings is 1. The predicted molar refractivity (Wildman–Crippen MR) is 119 cm³/mol. The van der Waals surface area contributed by atoms with Crippen molar-refractivity contribution in [3.63, 3.8) is 0 Å². The van der Waals surface area contributed by atoms with Gasteiger partial charge in [-0.3, -0.25) is 14.9 Å². The van der Waals surface area contributed by atoms with Crippen LogP contribution in [0.2, 0.25) is 0 Å². The summed E-state index contributed by atoms with van der Waals surface area (Å²) in [7, 11) is 0. The van der Waals surface area contributed by atoms with Crippen molar-refractivity contribution in [3.05, 3.63) is 66.2 Å². The average Bonchev–Trinajstić information content (AvgIpc) is 3.18. The number of aromatic amines is 1. The maximum atomic E-state index is 5.86. The molecule has 6 heteroatoms. The summed E-state index contributed by atoms with van der Waals surface area (Å²) in [4.78, 5) is 15.5. The van der Waals surface area contributed by atoms with Crippen molar-refractivity contribution in [1.29, 1.82) is 0 Å². The van der Waals surface area contributed by atoms with Crippen LogP contribution >= 0.6 is 0 Å². The highest BCUT2D eigenvalue weighted by Gasteiger charge is 2.29. The summed E-state index contributed by atoms with van der Waals surface area (Å²) in [6, 6.07) is 14.7. The van der Waals surface area contributed by atoms with Gasteiger partial charge in [-0.2, -0.15) is 0 Å². The Morgan fingerprint density at radius 1 is 1.03 bits per heavy atom. The molecule has 1 unspecified atom stereocenters. The summed E-state index contributed by atoms with van der Waals surface area (Å²) in [6.07, 6.45) is 6.77. The zero-order chi connectivity index (χ0) is 20.3. The average molecular weight is 402 g/mol. The molecule has 4 heterocycles. The van der Waals surface area contributed by atoms with Gasteiger partial charge in [-0.1, -0.05) is 18.2 Å². The summed E-state index contributed by atoms with van der Waals surface area (Å²) in [5.41, 5.74) is 10.1. The largest absolute Gasteiger partial charge is 0.492 e. The molecule has 0 bridgehead atoms. The lowest BCUT2D eigenvalue weighted by atomic mass is 10.0. The topological polar surface area (TPSA) is 80.1 Å². The smallest absolute Gasteiger partial charge is 0.142 e. The number of para-hydroxylation sites is 1. The molecule has 0 amide bonds. The molecule has 0 saturated carbocycles. The molecular weight excluding hydrogens is 374 g/mol. The lowest BCUT2D eigenvalue weighted by Crippen LogP contribution is -2.34. The monoisotopic (exact) mass is 401 g/mol. The van der Waals surface area contributed by atoms with E-state index < -0.39 is 0 Å². The molecular formula is C24H27N5O. The maximum Gasteiger partial charge on any atom is 0.142 e. The van der Waals surface area contributed by atoms with E-state index in [1.54, 1.807) is 0 Å². The van der Waals surface area contributed by atoms with Crippen LogP contribution in [-0.4, -0.2) is 39.5 Å². The second kappa shape index (κ2) is 8.42. The number of rotatable bonds is 7. The van der Waals surface area contributed by atoms with E-state index in [0.29, 0.717) is 13.2 Å². The van der Waals surface area contributed by atoms with Crippen LogP contribution < -0.4 is 10.5 Å². The number of hydrogen-bond acceptors (Lipinski definition) is 5. The first-order valence-electron chi connectivity index (χ1n) is 10.7. The zero-order valence-corrected chi connectivity index (χ0v) is 17.1. The Bertz CT molecular complexity index is 1150. The quantitative estimate of drug-likeness (QED) is 0.454. The van der Waals surface area contributed by atoms with Gasteiger partial charge < -0.3 is 15.5 Å². The molecule has 30 heavy (non-hydrogen) atoms. The zero-order valence-electron chi connectivity index (χ0n) is 17.1. The van der Waals surface area contributed by atoms with Crippen LogP contribution in [0.4, 0.5) is 0 Å². The van der Waals surface area contributed by atoms with Crippen molar-refractivity contribution in [2.75, 3.05) is 19.7 Å². The van der Waals surface area contributed by atoms with Gasteiger partial charge in [0.25, 0.3) is 0 Å². The van der Waals surface area contributed by atoms with Crippen LogP contribution in [0.1, 0.15) is 36.7 Å². The molecule has 154 valence electrons. The van der Waals surface area contributed by atoms with Gasteiger partial charge in [0.1, 0.15) is 5.75 Å². The molecule has 3 N–H and O–H groups in total. The van der Waals surface area contributed by atoms with Gasteiger partial charge in [0.15, 0.2) is 0 Å². The highest BCUT2D eigenvalue weighted by atomic mass is 16.5. The van der Waals surface area contributed by atoms with Crippen molar-refractivity contribution in [2.24, 2.45) is 5.73 Å². The Balaban J connectivity index is 1.52. The molecule has 3 aromatic heterocycles. The maximum absolute atomic E-state index is 5.86. The Morgan fingerprint density at radius 3 is 2.90 bits per heavy atom. The van der Waals surface area contributed by atoms with E-state index in [4.69, 9.17) is 15.5 Å². The minimum Gasteiger partial charge on any atom is -0.492 e. The number of ether oxygens (including phenoxy) is 1. The Labute approximate surface area is 176 Å². The molecule has 5 rings (SSSR count). The van der Waals surface area contributed by atoms with E-state index in [1.807, 2.05) is 24.5 Å². The van der Waals surface area contributed by atoms with Gasteiger partial charge in [-0.05, 0) is 50.2 Å². The number of pyridine rings is 2. The van der Waals surface area contributed by atoms with Crippen LogP contribution in [-0.2, 0) is 6.54 Å². The van der Waals surface area contributed by atoms with Gasteiger partial charge in [0, 0.05) is 41.6 Å². The van der Waals surface area contributed by atoms with E-state index in [2.05, 4.69) is 45.2 Å². The molecule has 6 nitrogen and oxygen atoms in total. The number of H-pyrrole nitrogens is 1. The third kappa shape index (κ3) is 3.53. The van der Waals surface area contributed by atoms with E-state index >= 15 is 0 Å².